The van der Waals surface area contributed by atoms with Crippen LogP contribution in [0.3, 0.4) is 0 Å². The Bertz CT molecular complexity index is 527. The Morgan fingerprint density at radius 1 is 1.17 bits per heavy atom. The number of hydrogen-bond donors (Lipinski definition) is 2. The lowest BCUT2D eigenvalue weighted by Crippen LogP contribution is -2.14. The van der Waals surface area contributed by atoms with Crippen molar-refractivity contribution in [1.82, 2.24) is 0 Å². The first-order chi connectivity index (χ1) is 8.69. The van der Waals surface area contributed by atoms with E-state index in [9.17, 15) is 5.11 Å². The number of aliphatic hydroxyl groups excluding tert-OH is 1. The zero-order chi connectivity index (χ0) is 13.0. The van der Waals surface area contributed by atoms with Crippen LogP contribution in [0.25, 0.3) is 0 Å². The molecule has 0 saturated carbocycles. The smallest absolute Gasteiger partial charge is 0.0745 e. The van der Waals surface area contributed by atoms with Crippen LogP contribution in [0.1, 0.15) is 17.2 Å². The van der Waals surface area contributed by atoms with Gasteiger partial charge in [-0.3, -0.25) is 0 Å². The van der Waals surface area contributed by atoms with Gasteiger partial charge in [-0.1, -0.05) is 24.3 Å². The van der Waals surface area contributed by atoms with Crippen molar-refractivity contribution in [3.8, 4) is 0 Å². The van der Waals surface area contributed by atoms with Crippen LogP contribution < -0.4 is 5.32 Å². The third kappa shape index (κ3) is 3.46. The molecule has 0 radical (unpaired) electrons. The summed E-state index contributed by atoms with van der Waals surface area (Å²) in [6.45, 7) is 2.14. The number of aryl methyl sites for hydroxylation is 1. The number of aliphatic hydroxyl groups is 1. The van der Waals surface area contributed by atoms with Crippen molar-refractivity contribution < 1.29 is 5.11 Å². The molecule has 94 valence electrons. The zero-order valence-electron chi connectivity index (χ0n) is 10.2. The molecule has 0 saturated heterocycles. The van der Waals surface area contributed by atoms with Crippen LogP contribution in [-0.4, -0.2) is 11.7 Å². The second-order valence-corrected chi connectivity index (χ2v) is 5.55. The molecule has 2 aromatic carbocycles. The Labute approximate surface area is 121 Å². The molecule has 0 aliphatic rings. The number of benzene rings is 2. The SMILES string of the molecule is Cc1cccc(NC(CO)c2cccc(I)c2)c1. The highest BCUT2D eigenvalue weighted by Gasteiger charge is 2.10. The van der Waals surface area contributed by atoms with Crippen molar-refractivity contribution in [1.29, 1.82) is 0 Å². The first-order valence-electron chi connectivity index (χ1n) is 5.88. The summed E-state index contributed by atoms with van der Waals surface area (Å²) in [6, 6.07) is 16.3. The average molecular weight is 353 g/mol. The van der Waals surface area contributed by atoms with E-state index in [1.807, 2.05) is 30.3 Å². The van der Waals surface area contributed by atoms with E-state index in [4.69, 9.17) is 0 Å². The molecule has 2 nitrogen and oxygen atoms in total. The van der Waals surface area contributed by atoms with Gasteiger partial charge in [0, 0.05) is 9.26 Å². The molecule has 18 heavy (non-hydrogen) atoms. The lowest BCUT2D eigenvalue weighted by Gasteiger charge is -2.18. The van der Waals surface area contributed by atoms with E-state index in [2.05, 4.69) is 53.0 Å². The second-order valence-electron chi connectivity index (χ2n) is 4.30. The maximum atomic E-state index is 9.54. The Hall–Kier alpha value is -1.07. The maximum Gasteiger partial charge on any atom is 0.0745 e. The molecule has 1 unspecified atom stereocenters. The van der Waals surface area contributed by atoms with Gasteiger partial charge in [0.25, 0.3) is 0 Å². The van der Waals surface area contributed by atoms with E-state index >= 15 is 0 Å². The summed E-state index contributed by atoms with van der Waals surface area (Å²) in [5.41, 5.74) is 3.35. The summed E-state index contributed by atoms with van der Waals surface area (Å²) in [5.74, 6) is 0. The highest BCUT2D eigenvalue weighted by atomic mass is 127. The molecule has 0 fully saturated rings. The summed E-state index contributed by atoms with van der Waals surface area (Å²) in [7, 11) is 0. The largest absolute Gasteiger partial charge is 0.394 e. The Morgan fingerprint density at radius 3 is 2.61 bits per heavy atom. The quantitative estimate of drug-likeness (QED) is 0.821. The standard InChI is InChI=1S/C15H16INO/c1-11-4-2-7-14(8-11)17-15(10-18)12-5-3-6-13(16)9-12/h2-9,15,17-18H,10H2,1H3. The fourth-order valence-electron chi connectivity index (χ4n) is 1.89. The van der Waals surface area contributed by atoms with Crippen LogP contribution in [0.15, 0.2) is 48.5 Å². The van der Waals surface area contributed by atoms with Gasteiger partial charge >= 0.3 is 0 Å². The van der Waals surface area contributed by atoms with Crippen LogP contribution in [0.4, 0.5) is 5.69 Å². The third-order valence-corrected chi connectivity index (χ3v) is 3.46. The minimum Gasteiger partial charge on any atom is -0.394 e. The molecule has 1 atom stereocenters. The van der Waals surface area contributed by atoms with Gasteiger partial charge < -0.3 is 10.4 Å². The van der Waals surface area contributed by atoms with Crippen LogP contribution in [0.2, 0.25) is 0 Å². The predicted octanol–water partition coefficient (Wildman–Crippen LogP) is 3.75. The molecule has 0 spiro atoms. The van der Waals surface area contributed by atoms with Crippen molar-refractivity contribution in [2.45, 2.75) is 13.0 Å². The summed E-state index contributed by atoms with van der Waals surface area (Å²) in [5, 5.41) is 12.9. The lowest BCUT2D eigenvalue weighted by atomic mass is 10.1. The second kappa shape index (κ2) is 6.20. The Kier molecular flexibility index (Phi) is 4.60. The average Bonchev–Trinajstić information content (AvgIpc) is 2.36. The predicted molar refractivity (Wildman–Crippen MR) is 83.8 cm³/mol. The number of nitrogens with one attached hydrogen (secondary N) is 1. The molecular weight excluding hydrogens is 337 g/mol. The number of rotatable bonds is 4. The summed E-state index contributed by atoms with van der Waals surface area (Å²) >= 11 is 2.28. The van der Waals surface area contributed by atoms with Gasteiger partial charge in [0.2, 0.25) is 0 Å². The van der Waals surface area contributed by atoms with E-state index in [0.717, 1.165) is 11.3 Å². The normalized spacial score (nSPS) is 12.2. The first kappa shape index (κ1) is 13.4. The number of anilines is 1. The fourth-order valence-corrected chi connectivity index (χ4v) is 2.46. The summed E-state index contributed by atoms with van der Waals surface area (Å²) in [4.78, 5) is 0. The van der Waals surface area contributed by atoms with Crippen LogP contribution >= 0.6 is 22.6 Å². The van der Waals surface area contributed by atoms with Crippen molar-refractivity contribution >= 4 is 28.3 Å². The highest BCUT2D eigenvalue weighted by Crippen LogP contribution is 2.21. The van der Waals surface area contributed by atoms with Crippen molar-refractivity contribution in [2.24, 2.45) is 0 Å². The Morgan fingerprint density at radius 2 is 1.94 bits per heavy atom. The molecular formula is C15H16INO. The zero-order valence-corrected chi connectivity index (χ0v) is 12.4. The molecule has 0 aliphatic carbocycles. The van der Waals surface area contributed by atoms with Gasteiger partial charge in [-0.2, -0.15) is 0 Å². The molecule has 2 rings (SSSR count). The van der Waals surface area contributed by atoms with E-state index in [0.29, 0.717) is 0 Å². The van der Waals surface area contributed by atoms with Crippen molar-refractivity contribution in [2.75, 3.05) is 11.9 Å². The maximum absolute atomic E-state index is 9.54. The van der Waals surface area contributed by atoms with Gasteiger partial charge in [-0.15, -0.1) is 0 Å². The van der Waals surface area contributed by atoms with E-state index in [1.165, 1.54) is 9.13 Å². The van der Waals surface area contributed by atoms with E-state index < -0.39 is 0 Å². The summed E-state index contributed by atoms with van der Waals surface area (Å²) < 4.78 is 1.18. The van der Waals surface area contributed by atoms with Gasteiger partial charge in [-0.05, 0) is 64.9 Å². The minimum absolute atomic E-state index is 0.0680. The fraction of sp³-hybridized carbons (Fsp3) is 0.200. The third-order valence-electron chi connectivity index (χ3n) is 2.79. The monoisotopic (exact) mass is 353 g/mol. The van der Waals surface area contributed by atoms with Gasteiger partial charge in [0.1, 0.15) is 0 Å². The minimum atomic E-state index is -0.0680. The molecule has 0 aromatic heterocycles. The van der Waals surface area contributed by atoms with E-state index in [1.54, 1.807) is 0 Å². The Balaban J connectivity index is 2.19. The number of hydrogen-bond acceptors (Lipinski definition) is 2. The van der Waals surface area contributed by atoms with Crippen molar-refractivity contribution in [3.63, 3.8) is 0 Å². The van der Waals surface area contributed by atoms with Gasteiger partial charge in [0.15, 0.2) is 0 Å². The number of halogens is 1. The van der Waals surface area contributed by atoms with Gasteiger partial charge in [0.05, 0.1) is 12.6 Å². The van der Waals surface area contributed by atoms with E-state index in [-0.39, 0.29) is 12.6 Å². The van der Waals surface area contributed by atoms with Crippen LogP contribution in [-0.2, 0) is 0 Å². The first-order valence-corrected chi connectivity index (χ1v) is 6.96. The van der Waals surface area contributed by atoms with Crippen LogP contribution in [0.5, 0.6) is 0 Å². The molecule has 2 aromatic rings. The molecule has 0 amide bonds. The molecule has 0 bridgehead atoms. The molecule has 3 heteroatoms. The van der Waals surface area contributed by atoms with Crippen molar-refractivity contribution in [3.05, 3.63) is 63.2 Å². The lowest BCUT2D eigenvalue weighted by molar-refractivity contribution is 0.276. The molecule has 0 aliphatic heterocycles. The summed E-state index contributed by atoms with van der Waals surface area (Å²) in [6.07, 6.45) is 0. The highest BCUT2D eigenvalue weighted by molar-refractivity contribution is 14.1. The van der Waals surface area contributed by atoms with Gasteiger partial charge in [-0.25, -0.2) is 0 Å². The van der Waals surface area contributed by atoms with Crippen LogP contribution in [0, 0.1) is 10.5 Å². The molecule has 2 N–H and O–H groups in total. The topological polar surface area (TPSA) is 32.3 Å². The molecule has 0 heterocycles.